The first kappa shape index (κ1) is 16.4. The Morgan fingerprint density at radius 3 is 3.12 bits per heavy atom. The second kappa shape index (κ2) is 7.04. The SMILES string of the molecule is Cc1noc(-c2ccnc(-n3cnc(C(=O)NC[C@@H]4CCCO4)c3)c2)n1. The van der Waals surface area contributed by atoms with E-state index in [-0.39, 0.29) is 12.0 Å². The molecular formula is C17H18N6O3. The number of carbonyl (C=O) groups excluding carboxylic acids is 1. The summed E-state index contributed by atoms with van der Waals surface area (Å²) in [6.07, 6.45) is 6.93. The van der Waals surface area contributed by atoms with Gasteiger partial charge in [-0.1, -0.05) is 5.16 Å². The van der Waals surface area contributed by atoms with Gasteiger partial charge in [0, 0.05) is 31.1 Å². The van der Waals surface area contributed by atoms with Crippen LogP contribution in [-0.2, 0) is 4.74 Å². The van der Waals surface area contributed by atoms with Gasteiger partial charge in [-0.15, -0.1) is 0 Å². The molecule has 3 aromatic heterocycles. The van der Waals surface area contributed by atoms with Gasteiger partial charge in [-0.2, -0.15) is 4.98 Å². The Bertz CT molecular complexity index is 913. The van der Waals surface area contributed by atoms with Gasteiger partial charge in [0.1, 0.15) is 17.8 Å². The van der Waals surface area contributed by atoms with Gasteiger partial charge in [-0.05, 0) is 31.9 Å². The maximum atomic E-state index is 12.2. The second-order valence-electron chi connectivity index (χ2n) is 6.06. The quantitative estimate of drug-likeness (QED) is 0.740. The Balaban J connectivity index is 1.48. The van der Waals surface area contributed by atoms with E-state index in [0.29, 0.717) is 29.8 Å². The number of imidazole rings is 1. The molecule has 9 nitrogen and oxygen atoms in total. The predicted molar refractivity (Wildman–Crippen MR) is 90.7 cm³/mol. The van der Waals surface area contributed by atoms with Crippen LogP contribution in [0.2, 0.25) is 0 Å². The van der Waals surface area contributed by atoms with Crippen LogP contribution in [0.3, 0.4) is 0 Å². The summed E-state index contributed by atoms with van der Waals surface area (Å²) < 4.78 is 12.4. The fourth-order valence-corrected chi connectivity index (χ4v) is 2.77. The van der Waals surface area contributed by atoms with E-state index < -0.39 is 0 Å². The number of nitrogens with one attached hydrogen (secondary N) is 1. The van der Waals surface area contributed by atoms with Crippen LogP contribution in [0.15, 0.2) is 35.4 Å². The number of nitrogens with zero attached hydrogens (tertiary/aromatic N) is 5. The lowest BCUT2D eigenvalue weighted by atomic mass is 10.2. The van der Waals surface area contributed by atoms with Gasteiger partial charge in [0.25, 0.3) is 11.8 Å². The summed E-state index contributed by atoms with van der Waals surface area (Å²) in [6.45, 7) is 3.01. The number of amides is 1. The summed E-state index contributed by atoms with van der Waals surface area (Å²) in [5.41, 5.74) is 1.07. The van der Waals surface area contributed by atoms with E-state index in [9.17, 15) is 4.79 Å². The molecule has 0 bridgehead atoms. The summed E-state index contributed by atoms with van der Waals surface area (Å²) in [5.74, 6) is 1.35. The molecule has 1 aliphatic heterocycles. The van der Waals surface area contributed by atoms with Crippen molar-refractivity contribution in [1.82, 2.24) is 30.0 Å². The van der Waals surface area contributed by atoms with Crippen molar-refractivity contribution in [3.63, 3.8) is 0 Å². The van der Waals surface area contributed by atoms with Crippen molar-refractivity contribution < 1.29 is 14.1 Å². The van der Waals surface area contributed by atoms with Crippen LogP contribution >= 0.6 is 0 Å². The van der Waals surface area contributed by atoms with Crippen LogP contribution in [0.4, 0.5) is 0 Å². The third-order valence-electron chi connectivity index (χ3n) is 4.11. The van der Waals surface area contributed by atoms with Crippen LogP contribution in [-0.4, -0.2) is 49.8 Å². The highest BCUT2D eigenvalue weighted by Gasteiger charge is 2.18. The molecule has 0 aromatic carbocycles. The molecule has 0 unspecified atom stereocenters. The van der Waals surface area contributed by atoms with Crippen LogP contribution in [0, 0.1) is 6.92 Å². The molecule has 1 saturated heterocycles. The predicted octanol–water partition coefficient (Wildman–Crippen LogP) is 1.53. The standard InChI is InChI=1S/C17H18N6O3/c1-11-21-17(26-22-11)12-4-5-18-15(7-12)23-9-14(20-10-23)16(24)19-8-13-3-2-6-25-13/h4-5,7,9-10,13H,2-3,6,8H2,1H3,(H,19,24)/t13-/m0/s1. The Kier molecular flexibility index (Phi) is 4.44. The first-order chi connectivity index (χ1) is 12.7. The van der Waals surface area contributed by atoms with Gasteiger partial charge >= 0.3 is 0 Å². The molecule has 26 heavy (non-hydrogen) atoms. The number of aryl methyl sites for hydroxylation is 1. The van der Waals surface area contributed by atoms with E-state index in [1.807, 2.05) is 0 Å². The fourth-order valence-electron chi connectivity index (χ4n) is 2.77. The first-order valence-corrected chi connectivity index (χ1v) is 8.40. The number of ether oxygens (including phenoxy) is 1. The monoisotopic (exact) mass is 354 g/mol. The number of hydrogen-bond donors (Lipinski definition) is 1. The minimum Gasteiger partial charge on any atom is -0.376 e. The molecule has 1 fully saturated rings. The van der Waals surface area contributed by atoms with Gasteiger partial charge in [0.15, 0.2) is 5.82 Å². The number of pyridine rings is 1. The average molecular weight is 354 g/mol. The molecule has 1 aliphatic rings. The minimum absolute atomic E-state index is 0.0947. The van der Waals surface area contributed by atoms with Crippen LogP contribution in [0.5, 0.6) is 0 Å². The molecule has 0 aliphatic carbocycles. The minimum atomic E-state index is -0.233. The van der Waals surface area contributed by atoms with Gasteiger partial charge in [0.05, 0.1) is 6.10 Å². The highest BCUT2D eigenvalue weighted by Crippen LogP contribution is 2.19. The summed E-state index contributed by atoms with van der Waals surface area (Å²) in [7, 11) is 0. The molecule has 1 N–H and O–H groups in total. The molecule has 1 amide bonds. The maximum absolute atomic E-state index is 12.2. The van der Waals surface area contributed by atoms with E-state index >= 15 is 0 Å². The lowest BCUT2D eigenvalue weighted by Crippen LogP contribution is -2.31. The van der Waals surface area contributed by atoms with E-state index in [1.54, 1.807) is 42.3 Å². The third-order valence-corrected chi connectivity index (χ3v) is 4.11. The number of hydrogen-bond acceptors (Lipinski definition) is 7. The van der Waals surface area contributed by atoms with Gasteiger partial charge in [-0.25, -0.2) is 9.97 Å². The normalized spacial score (nSPS) is 16.7. The molecule has 9 heteroatoms. The number of carbonyl (C=O) groups is 1. The maximum Gasteiger partial charge on any atom is 0.271 e. The summed E-state index contributed by atoms with van der Waals surface area (Å²) >= 11 is 0. The molecule has 134 valence electrons. The van der Waals surface area contributed by atoms with E-state index in [1.165, 1.54) is 0 Å². The topological polar surface area (TPSA) is 108 Å². The van der Waals surface area contributed by atoms with Crippen molar-refractivity contribution >= 4 is 5.91 Å². The van der Waals surface area contributed by atoms with Gasteiger partial charge in [-0.3, -0.25) is 9.36 Å². The van der Waals surface area contributed by atoms with Gasteiger partial charge < -0.3 is 14.6 Å². The molecule has 3 aromatic rings. The Hall–Kier alpha value is -3.07. The van der Waals surface area contributed by atoms with Gasteiger partial charge in [0.2, 0.25) is 0 Å². The fraction of sp³-hybridized carbons (Fsp3) is 0.353. The highest BCUT2D eigenvalue weighted by atomic mass is 16.5. The van der Waals surface area contributed by atoms with Crippen LogP contribution in [0.25, 0.3) is 17.3 Å². The lowest BCUT2D eigenvalue weighted by molar-refractivity contribution is 0.0854. The van der Waals surface area contributed by atoms with Crippen molar-refractivity contribution in [3.8, 4) is 17.3 Å². The summed E-state index contributed by atoms with van der Waals surface area (Å²) in [4.78, 5) is 24.9. The highest BCUT2D eigenvalue weighted by molar-refractivity contribution is 5.92. The lowest BCUT2D eigenvalue weighted by Gasteiger charge is -2.09. The smallest absolute Gasteiger partial charge is 0.271 e. The molecule has 0 radical (unpaired) electrons. The number of aromatic nitrogens is 5. The molecule has 0 spiro atoms. The average Bonchev–Trinajstić information content (AvgIpc) is 3.41. The Morgan fingerprint density at radius 1 is 1.42 bits per heavy atom. The molecule has 4 rings (SSSR count). The zero-order chi connectivity index (χ0) is 17.9. The van der Waals surface area contributed by atoms with Crippen molar-refractivity contribution in [2.75, 3.05) is 13.2 Å². The zero-order valence-electron chi connectivity index (χ0n) is 14.3. The molecule has 1 atom stereocenters. The molecule has 0 saturated carbocycles. The van der Waals surface area contributed by atoms with E-state index in [4.69, 9.17) is 9.26 Å². The Morgan fingerprint density at radius 2 is 2.35 bits per heavy atom. The second-order valence-corrected chi connectivity index (χ2v) is 6.06. The molecular weight excluding hydrogens is 336 g/mol. The van der Waals surface area contributed by atoms with E-state index in [2.05, 4.69) is 25.4 Å². The van der Waals surface area contributed by atoms with Crippen molar-refractivity contribution in [2.24, 2.45) is 0 Å². The van der Waals surface area contributed by atoms with Crippen molar-refractivity contribution in [3.05, 3.63) is 42.4 Å². The number of rotatable bonds is 5. The van der Waals surface area contributed by atoms with Crippen LogP contribution < -0.4 is 5.32 Å². The summed E-state index contributed by atoms with van der Waals surface area (Å²) in [5, 5.41) is 6.64. The first-order valence-electron chi connectivity index (χ1n) is 8.40. The van der Waals surface area contributed by atoms with Crippen molar-refractivity contribution in [2.45, 2.75) is 25.9 Å². The Labute approximate surface area is 149 Å². The zero-order valence-corrected chi connectivity index (χ0v) is 14.3. The molecule has 4 heterocycles. The summed E-state index contributed by atoms with van der Waals surface area (Å²) in [6, 6.07) is 3.57. The largest absolute Gasteiger partial charge is 0.376 e. The third kappa shape index (κ3) is 3.47. The van der Waals surface area contributed by atoms with Crippen LogP contribution in [0.1, 0.15) is 29.2 Å². The van der Waals surface area contributed by atoms with E-state index in [0.717, 1.165) is 25.0 Å². The van der Waals surface area contributed by atoms with Crippen molar-refractivity contribution in [1.29, 1.82) is 0 Å².